The Bertz CT molecular complexity index is 1000. The molecule has 3 rings (SSSR count). The summed E-state index contributed by atoms with van der Waals surface area (Å²) < 4.78 is 38.4. The second-order valence-corrected chi connectivity index (χ2v) is 6.73. The van der Waals surface area contributed by atoms with E-state index in [0.29, 0.717) is 10.6 Å². The van der Waals surface area contributed by atoms with Crippen LogP contribution in [-0.4, -0.2) is 34.5 Å². The molecule has 152 valence electrons. The Kier molecular flexibility index (Phi) is 5.90. The maximum absolute atomic E-state index is 14.4. The smallest absolute Gasteiger partial charge is 0.354 e. The van der Waals surface area contributed by atoms with Crippen molar-refractivity contribution in [1.82, 2.24) is 0 Å². The lowest BCUT2D eigenvalue weighted by atomic mass is 10.1. The van der Waals surface area contributed by atoms with Crippen LogP contribution in [-0.2, 0) is 9.53 Å². The van der Waals surface area contributed by atoms with Crippen molar-refractivity contribution in [3.05, 3.63) is 64.2 Å². The summed E-state index contributed by atoms with van der Waals surface area (Å²) in [7, 11) is 0. The van der Waals surface area contributed by atoms with Gasteiger partial charge in [0.25, 0.3) is 12.0 Å². The Hall–Kier alpha value is -2.91. The quantitative estimate of drug-likeness (QED) is 0.663. The van der Waals surface area contributed by atoms with E-state index >= 15 is 0 Å². The van der Waals surface area contributed by atoms with Gasteiger partial charge < -0.3 is 20.3 Å². The highest BCUT2D eigenvalue weighted by Crippen LogP contribution is 2.34. The van der Waals surface area contributed by atoms with Crippen LogP contribution in [0.3, 0.4) is 0 Å². The molecule has 2 aromatic carbocycles. The van der Waals surface area contributed by atoms with Gasteiger partial charge in [0.1, 0.15) is 17.4 Å². The molecule has 3 unspecified atom stereocenters. The van der Waals surface area contributed by atoms with Crippen LogP contribution in [0.1, 0.15) is 22.0 Å². The van der Waals surface area contributed by atoms with Gasteiger partial charge in [-0.05, 0) is 29.8 Å². The summed E-state index contributed by atoms with van der Waals surface area (Å²) in [6, 6.07) is 7.22. The molecule has 29 heavy (non-hydrogen) atoms. The molecule has 3 N–H and O–H groups in total. The van der Waals surface area contributed by atoms with Crippen LogP contribution in [0.5, 0.6) is 5.75 Å². The third kappa shape index (κ3) is 4.25. The third-order valence-corrected chi connectivity index (χ3v) is 4.53. The summed E-state index contributed by atoms with van der Waals surface area (Å²) in [5, 5.41) is 9.94. The van der Waals surface area contributed by atoms with Gasteiger partial charge in [0, 0.05) is 5.02 Å². The number of hydrogen-bond acceptors (Lipinski definition) is 5. The number of ether oxygens (including phenoxy) is 2. The molecule has 0 fully saturated rings. The molecule has 0 spiro atoms. The van der Waals surface area contributed by atoms with Crippen molar-refractivity contribution in [2.24, 2.45) is 10.7 Å². The van der Waals surface area contributed by atoms with Crippen LogP contribution in [0.2, 0.25) is 5.02 Å². The van der Waals surface area contributed by atoms with Gasteiger partial charge in [-0.25, -0.2) is 18.6 Å². The molecule has 0 saturated carbocycles. The first kappa shape index (κ1) is 20.8. The topological polar surface area (TPSA) is 111 Å². The molecule has 7 nitrogen and oxygen atoms in total. The molecule has 1 heterocycles. The second kappa shape index (κ2) is 8.22. The number of carbonyl (C=O) groups is 2. The first-order chi connectivity index (χ1) is 13.7. The first-order valence-corrected chi connectivity index (χ1v) is 8.81. The Morgan fingerprint density at radius 1 is 1.21 bits per heavy atom. The lowest BCUT2D eigenvalue weighted by Crippen LogP contribution is -2.36. The van der Waals surface area contributed by atoms with Gasteiger partial charge in [-0.1, -0.05) is 35.3 Å². The molecule has 1 aliphatic rings. The van der Waals surface area contributed by atoms with E-state index in [9.17, 15) is 23.5 Å². The number of carboxylic acids is 1. The minimum absolute atomic E-state index is 0.429. The van der Waals surface area contributed by atoms with Gasteiger partial charge in [0.05, 0.1) is 0 Å². The van der Waals surface area contributed by atoms with E-state index in [1.807, 2.05) is 0 Å². The summed E-state index contributed by atoms with van der Waals surface area (Å²) in [4.78, 5) is 27.0. The number of aliphatic carboxylic acids is 1. The van der Waals surface area contributed by atoms with Crippen molar-refractivity contribution < 1.29 is 33.0 Å². The molecule has 0 saturated heterocycles. The number of primary amides is 1. The Morgan fingerprint density at radius 3 is 2.45 bits per heavy atom. The molecule has 11 heteroatoms. The monoisotopic (exact) mass is 444 g/mol. The Labute approximate surface area is 172 Å². The fourth-order valence-corrected chi connectivity index (χ4v) is 3.02. The summed E-state index contributed by atoms with van der Waals surface area (Å²) in [5.41, 5.74) is 3.42. The average molecular weight is 445 g/mol. The summed E-state index contributed by atoms with van der Waals surface area (Å²) in [5.74, 6) is -6.77. The number of nitrogens with two attached hydrogens (primary N) is 1. The summed E-state index contributed by atoms with van der Waals surface area (Å²) >= 11 is 11.9. The third-order valence-electron chi connectivity index (χ3n) is 3.95. The van der Waals surface area contributed by atoms with E-state index in [1.54, 1.807) is 24.3 Å². The highest BCUT2D eigenvalue weighted by atomic mass is 35.5. The number of aliphatic imine (C=N–C) groups is 1. The van der Waals surface area contributed by atoms with E-state index in [2.05, 4.69) is 4.99 Å². The maximum Gasteiger partial charge on any atom is 0.354 e. The van der Waals surface area contributed by atoms with E-state index in [4.69, 9.17) is 38.4 Å². The molecule has 2 aromatic rings. The SMILES string of the molecule is NC(=O)c1c(F)ccc(OC(C(=O)O)C2=NC(c3ccc(Cl)cc3)C(Cl)O2)c1F. The second-order valence-electron chi connectivity index (χ2n) is 5.87. The molecule has 1 aliphatic heterocycles. The van der Waals surface area contributed by atoms with E-state index in [0.717, 1.165) is 12.1 Å². The first-order valence-electron chi connectivity index (χ1n) is 8.00. The molecule has 1 amide bonds. The highest BCUT2D eigenvalue weighted by molar-refractivity contribution is 6.30. The normalized spacial score (nSPS) is 19.2. The van der Waals surface area contributed by atoms with Crippen molar-refractivity contribution in [3.63, 3.8) is 0 Å². The predicted molar refractivity (Wildman–Crippen MR) is 99.3 cm³/mol. The standard InChI is InChI=1S/C18H12Cl2F2N2O5/c19-8-3-1-7(2-4-8)13-15(20)29-17(24-13)14(18(26)27)28-10-6-5-9(21)11(12(10)22)16(23)25/h1-6,13-15H,(H2,23,25)(H,26,27). The Morgan fingerprint density at radius 2 is 1.86 bits per heavy atom. The number of carbonyl (C=O) groups excluding carboxylic acids is 1. The highest BCUT2D eigenvalue weighted by Gasteiger charge is 2.39. The van der Waals surface area contributed by atoms with Crippen LogP contribution in [0.4, 0.5) is 8.78 Å². The summed E-state index contributed by atoms with van der Waals surface area (Å²) in [6.45, 7) is 0. The molecular weight excluding hydrogens is 433 g/mol. The zero-order chi connectivity index (χ0) is 21.3. The molecular formula is C18H12Cl2F2N2O5. The van der Waals surface area contributed by atoms with E-state index in [-0.39, 0.29) is 0 Å². The fraction of sp³-hybridized carbons (Fsp3) is 0.167. The molecule has 0 aliphatic carbocycles. The van der Waals surface area contributed by atoms with Crippen LogP contribution in [0.15, 0.2) is 41.4 Å². The number of benzene rings is 2. The van der Waals surface area contributed by atoms with Gasteiger partial charge in [0.15, 0.2) is 17.1 Å². The van der Waals surface area contributed by atoms with Gasteiger partial charge >= 0.3 is 5.97 Å². The predicted octanol–water partition coefficient (Wildman–Crippen LogP) is 3.28. The van der Waals surface area contributed by atoms with Gasteiger partial charge in [-0.15, -0.1) is 0 Å². The minimum Gasteiger partial charge on any atom is -0.478 e. The molecule has 3 atom stereocenters. The number of amides is 1. The Balaban J connectivity index is 1.92. The van der Waals surface area contributed by atoms with Crippen LogP contribution >= 0.6 is 23.2 Å². The van der Waals surface area contributed by atoms with Crippen molar-refractivity contribution in [3.8, 4) is 5.75 Å². The zero-order valence-electron chi connectivity index (χ0n) is 14.3. The van der Waals surface area contributed by atoms with Crippen molar-refractivity contribution in [2.45, 2.75) is 17.7 Å². The minimum atomic E-state index is -1.91. The van der Waals surface area contributed by atoms with E-state index < -0.39 is 58.4 Å². The van der Waals surface area contributed by atoms with Gasteiger partial charge in [-0.2, -0.15) is 0 Å². The number of nitrogens with zero attached hydrogens (tertiary/aromatic N) is 1. The van der Waals surface area contributed by atoms with Crippen molar-refractivity contribution in [1.29, 1.82) is 0 Å². The van der Waals surface area contributed by atoms with Crippen molar-refractivity contribution in [2.75, 3.05) is 0 Å². The van der Waals surface area contributed by atoms with Crippen LogP contribution < -0.4 is 10.5 Å². The van der Waals surface area contributed by atoms with Crippen LogP contribution in [0.25, 0.3) is 0 Å². The number of hydrogen-bond donors (Lipinski definition) is 2. The fourth-order valence-electron chi connectivity index (χ4n) is 2.60. The maximum atomic E-state index is 14.4. The van der Waals surface area contributed by atoms with E-state index in [1.165, 1.54) is 0 Å². The van der Waals surface area contributed by atoms with Gasteiger partial charge in [0.2, 0.25) is 5.90 Å². The number of alkyl halides is 1. The number of carboxylic acid groups (broad SMARTS) is 1. The van der Waals surface area contributed by atoms with Crippen molar-refractivity contribution >= 4 is 41.0 Å². The average Bonchev–Trinajstić information content (AvgIpc) is 3.02. The lowest BCUT2D eigenvalue weighted by Gasteiger charge is -2.16. The molecule has 0 radical (unpaired) electrons. The summed E-state index contributed by atoms with van der Waals surface area (Å²) in [6.07, 6.45) is -1.91. The van der Waals surface area contributed by atoms with Crippen LogP contribution in [0, 0.1) is 11.6 Å². The molecule has 0 aromatic heterocycles. The zero-order valence-corrected chi connectivity index (χ0v) is 15.8. The number of rotatable bonds is 6. The molecule has 0 bridgehead atoms. The lowest BCUT2D eigenvalue weighted by molar-refractivity contribution is -0.142. The largest absolute Gasteiger partial charge is 0.478 e. The number of halogens is 4. The van der Waals surface area contributed by atoms with Gasteiger partial charge in [-0.3, -0.25) is 4.79 Å².